The third kappa shape index (κ3) is 5.33. The quantitative estimate of drug-likeness (QED) is 0.582. The summed E-state index contributed by atoms with van der Waals surface area (Å²) in [5.74, 6) is -2.87. The summed E-state index contributed by atoms with van der Waals surface area (Å²) in [4.78, 5) is 33.5. The van der Waals surface area contributed by atoms with Crippen LogP contribution in [0.1, 0.15) is 22.3 Å². The van der Waals surface area contributed by atoms with Crippen LogP contribution in [-0.4, -0.2) is 23.3 Å². The molecule has 2 aromatic rings. The van der Waals surface area contributed by atoms with Crippen molar-refractivity contribution >= 4 is 17.5 Å². The van der Waals surface area contributed by atoms with E-state index in [0.29, 0.717) is 11.6 Å². The zero-order valence-electron chi connectivity index (χ0n) is 13.5. The van der Waals surface area contributed by atoms with E-state index in [-0.39, 0.29) is 36.7 Å². The van der Waals surface area contributed by atoms with Crippen LogP contribution in [0.15, 0.2) is 42.5 Å². The molecule has 0 fully saturated rings. The molecule has 0 heterocycles. The number of nitrogens with zero attached hydrogens (tertiary/aromatic N) is 1. The van der Waals surface area contributed by atoms with Crippen molar-refractivity contribution in [2.75, 3.05) is 6.54 Å². The highest BCUT2D eigenvalue weighted by molar-refractivity contribution is 5.94. The summed E-state index contributed by atoms with van der Waals surface area (Å²) < 4.78 is 26.2. The molecule has 0 aliphatic rings. The first-order chi connectivity index (χ1) is 12.4. The van der Waals surface area contributed by atoms with Crippen molar-refractivity contribution in [3.8, 4) is 0 Å². The lowest BCUT2D eigenvalue weighted by Crippen LogP contribution is -2.31. The fourth-order valence-electron chi connectivity index (χ4n) is 2.08. The van der Waals surface area contributed by atoms with Gasteiger partial charge in [0.25, 0.3) is 11.6 Å². The summed E-state index contributed by atoms with van der Waals surface area (Å²) >= 11 is 0. The number of halogens is 2. The highest BCUT2D eigenvalue weighted by Gasteiger charge is 2.12. The molecule has 0 saturated carbocycles. The maximum Gasteiger partial charge on any atom is 0.269 e. The van der Waals surface area contributed by atoms with Crippen molar-refractivity contribution in [3.05, 3.63) is 75.3 Å². The molecule has 0 atom stereocenters. The fraction of sp³-hybridized carbons (Fsp3) is 0.176. The van der Waals surface area contributed by atoms with Gasteiger partial charge in [0.05, 0.1) is 10.5 Å². The van der Waals surface area contributed by atoms with Crippen molar-refractivity contribution in [1.29, 1.82) is 0 Å². The molecule has 26 heavy (non-hydrogen) atoms. The number of hydrogen-bond donors (Lipinski definition) is 2. The van der Waals surface area contributed by atoms with Crippen LogP contribution in [-0.2, 0) is 11.3 Å². The van der Waals surface area contributed by atoms with E-state index in [2.05, 4.69) is 10.6 Å². The largest absolute Gasteiger partial charge is 0.352 e. The van der Waals surface area contributed by atoms with Crippen LogP contribution in [0, 0.1) is 21.7 Å². The second-order valence-electron chi connectivity index (χ2n) is 5.33. The van der Waals surface area contributed by atoms with Gasteiger partial charge in [-0.3, -0.25) is 19.7 Å². The summed E-state index contributed by atoms with van der Waals surface area (Å²) in [5.41, 5.74) is 0.329. The third-order valence-electron chi connectivity index (χ3n) is 3.45. The summed E-state index contributed by atoms with van der Waals surface area (Å²) in [6, 6.07) is 8.31. The molecule has 0 aliphatic carbocycles. The second kappa shape index (κ2) is 8.65. The Kier molecular flexibility index (Phi) is 6.31. The molecule has 0 saturated heterocycles. The van der Waals surface area contributed by atoms with Crippen LogP contribution in [0.3, 0.4) is 0 Å². The highest BCUT2D eigenvalue weighted by atomic mass is 19.1. The minimum Gasteiger partial charge on any atom is -0.352 e. The monoisotopic (exact) mass is 363 g/mol. The highest BCUT2D eigenvalue weighted by Crippen LogP contribution is 2.12. The first kappa shape index (κ1) is 19.0. The standard InChI is InChI=1S/C17H15F2N3O4/c18-12-3-6-14(15(19)9-12)17(24)20-8-7-16(23)21-10-11-1-4-13(5-2-11)22(25)26/h1-6,9H,7-8,10H2,(H,20,24)(H,21,23). The first-order valence-corrected chi connectivity index (χ1v) is 7.60. The lowest BCUT2D eigenvalue weighted by molar-refractivity contribution is -0.384. The maximum absolute atomic E-state index is 13.5. The molecule has 2 amide bonds. The van der Waals surface area contributed by atoms with E-state index in [9.17, 15) is 28.5 Å². The Labute approximate surface area is 147 Å². The van der Waals surface area contributed by atoms with Crippen molar-refractivity contribution in [3.63, 3.8) is 0 Å². The maximum atomic E-state index is 13.5. The van der Waals surface area contributed by atoms with Gasteiger partial charge in [0.1, 0.15) is 11.6 Å². The van der Waals surface area contributed by atoms with Crippen LogP contribution in [0.5, 0.6) is 0 Å². The van der Waals surface area contributed by atoms with E-state index in [0.717, 1.165) is 12.1 Å². The van der Waals surface area contributed by atoms with Gasteiger partial charge in [0.2, 0.25) is 5.91 Å². The molecule has 9 heteroatoms. The van der Waals surface area contributed by atoms with Gasteiger partial charge in [-0.25, -0.2) is 8.78 Å². The molecular formula is C17H15F2N3O4. The Morgan fingerprint density at radius 1 is 1.04 bits per heavy atom. The van der Waals surface area contributed by atoms with Gasteiger partial charge in [-0.15, -0.1) is 0 Å². The lowest BCUT2D eigenvalue weighted by Gasteiger charge is -2.07. The summed E-state index contributed by atoms with van der Waals surface area (Å²) in [5, 5.41) is 15.5. The van der Waals surface area contributed by atoms with E-state index in [1.807, 2.05) is 0 Å². The van der Waals surface area contributed by atoms with Crippen LogP contribution in [0.4, 0.5) is 14.5 Å². The third-order valence-corrected chi connectivity index (χ3v) is 3.45. The zero-order valence-corrected chi connectivity index (χ0v) is 13.5. The first-order valence-electron chi connectivity index (χ1n) is 7.60. The van der Waals surface area contributed by atoms with Gasteiger partial charge in [-0.05, 0) is 17.7 Å². The minimum absolute atomic E-state index is 0.0260. The zero-order chi connectivity index (χ0) is 19.1. The Balaban J connectivity index is 1.74. The van der Waals surface area contributed by atoms with Gasteiger partial charge < -0.3 is 10.6 Å². The summed E-state index contributed by atoms with van der Waals surface area (Å²) in [6.07, 6.45) is -0.0401. The average molecular weight is 363 g/mol. The Bertz CT molecular complexity index is 825. The van der Waals surface area contributed by atoms with Gasteiger partial charge in [-0.1, -0.05) is 12.1 Å². The van der Waals surface area contributed by atoms with E-state index >= 15 is 0 Å². The van der Waals surface area contributed by atoms with Crippen molar-refractivity contribution in [1.82, 2.24) is 10.6 Å². The molecule has 2 N–H and O–H groups in total. The number of hydrogen-bond acceptors (Lipinski definition) is 4. The topological polar surface area (TPSA) is 101 Å². The number of non-ortho nitro benzene ring substituents is 1. The SMILES string of the molecule is O=C(CCNC(=O)c1ccc(F)cc1F)NCc1ccc([N+](=O)[O-])cc1. The summed E-state index contributed by atoms with van der Waals surface area (Å²) in [7, 11) is 0. The number of carbonyl (C=O) groups is 2. The molecule has 7 nitrogen and oxygen atoms in total. The number of nitro groups is 1. The van der Waals surface area contributed by atoms with E-state index < -0.39 is 22.5 Å². The molecule has 0 radical (unpaired) electrons. The lowest BCUT2D eigenvalue weighted by atomic mass is 10.2. The fourth-order valence-corrected chi connectivity index (χ4v) is 2.08. The molecule has 0 spiro atoms. The number of amides is 2. The van der Waals surface area contributed by atoms with E-state index in [1.54, 1.807) is 0 Å². The van der Waals surface area contributed by atoms with E-state index in [4.69, 9.17) is 0 Å². The molecule has 136 valence electrons. The van der Waals surface area contributed by atoms with E-state index in [1.165, 1.54) is 24.3 Å². The minimum atomic E-state index is -0.981. The van der Waals surface area contributed by atoms with Crippen LogP contribution in [0.25, 0.3) is 0 Å². The molecule has 0 aliphatic heterocycles. The predicted octanol–water partition coefficient (Wildman–Crippen LogP) is 2.31. The number of benzene rings is 2. The smallest absolute Gasteiger partial charge is 0.269 e. The number of rotatable bonds is 7. The average Bonchev–Trinajstić information content (AvgIpc) is 2.60. The van der Waals surface area contributed by atoms with Crippen LogP contribution in [0.2, 0.25) is 0 Å². The predicted molar refractivity (Wildman–Crippen MR) is 88.3 cm³/mol. The Morgan fingerprint density at radius 2 is 1.73 bits per heavy atom. The van der Waals surface area contributed by atoms with Crippen LogP contribution >= 0.6 is 0 Å². The molecule has 0 unspecified atom stereocenters. The molecule has 2 rings (SSSR count). The van der Waals surface area contributed by atoms with Gasteiger partial charge >= 0.3 is 0 Å². The number of nitro benzene ring substituents is 1. The Morgan fingerprint density at radius 3 is 2.35 bits per heavy atom. The molecule has 0 aromatic heterocycles. The van der Waals surface area contributed by atoms with Crippen LogP contribution < -0.4 is 10.6 Å². The van der Waals surface area contributed by atoms with Crippen molar-refractivity contribution < 1.29 is 23.3 Å². The number of nitrogens with one attached hydrogen (secondary N) is 2. The van der Waals surface area contributed by atoms with Gasteiger partial charge in [0, 0.05) is 37.7 Å². The normalized spacial score (nSPS) is 10.2. The second-order valence-corrected chi connectivity index (χ2v) is 5.33. The van der Waals surface area contributed by atoms with Crippen molar-refractivity contribution in [2.24, 2.45) is 0 Å². The van der Waals surface area contributed by atoms with Gasteiger partial charge in [0.15, 0.2) is 0 Å². The van der Waals surface area contributed by atoms with Gasteiger partial charge in [-0.2, -0.15) is 0 Å². The Hall–Kier alpha value is -3.36. The molecule has 0 bridgehead atoms. The summed E-state index contributed by atoms with van der Waals surface area (Å²) in [6.45, 7) is 0.152. The molecule has 2 aromatic carbocycles. The molecular weight excluding hydrogens is 348 g/mol. The van der Waals surface area contributed by atoms with Crippen molar-refractivity contribution in [2.45, 2.75) is 13.0 Å². The number of carbonyl (C=O) groups excluding carboxylic acids is 2.